The van der Waals surface area contributed by atoms with Crippen LogP contribution in [0, 0.1) is 0 Å². The monoisotopic (exact) mass is 215 g/mol. The molecule has 0 aliphatic rings. The molecule has 1 aromatic heterocycles. The summed E-state index contributed by atoms with van der Waals surface area (Å²) in [5.74, 6) is 0.110. The molecule has 2 aromatic rings. The molecule has 0 radical (unpaired) electrons. The van der Waals surface area contributed by atoms with Gasteiger partial charge in [-0.05, 0) is 18.2 Å². The van der Waals surface area contributed by atoms with Crippen molar-refractivity contribution in [2.75, 3.05) is 5.73 Å². The molecule has 0 bridgehead atoms. The van der Waals surface area contributed by atoms with Crippen molar-refractivity contribution in [3.8, 4) is 0 Å². The molecule has 0 aliphatic heterocycles. The van der Waals surface area contributed by atoms with Crippen LogP contribution in [0.15, 0.2) is 18.2 Å². The Kier molecular flexibility index (Phi) is 1.89. The lowest BCUT2D eigenvalue weighted by molar-refractivity contribution is -0.137. The third-order valence-corrected chi connectivity index (χ3v) is 2.21. The number of aromatic nitrogens is 2. The van der Waals surface area contributed by atoms with E-state index in [2.05, 4.69) is 5.10 Å². The van der Waals surface area contributed by atoms with Gasteiger partial charge in [-0.15, -0.1) is 0 Å². The minimum absolute atomic E-state index is 0.110. The number of fused-ring (bicyclic) bond motifs is 1. The normalized spacial score (nSPS) is 12.3. The number of hydrogen-bond acceptors (Lipinski definition) is 2. The number of aryl methyl sites for hydroxylation is 1. The standard InChI is InChI=1S/C9H8F3N3/c1-15-7-3-2-5(9(10,11)12)4-6(7)8(13)14-15/h2-4H,1H3,(H2,13,14). The maximum Gasteiger partial charge on any atom is 0.416 e. The molecular formula is C9H8F3N3. The zero-order valence-corrected chi connectivity index (χ0v) is 7.84. The molecule has 80 valence electrons. The van der Waals surface area contributed by atoms with Crippen LogP contribution in [0.3, 0.4) is 0 Å². The van der Waals surface area contributed by atoms with Crippen LogP contribution in [0.5, 0.6) is 0 Å². The quantitative estimate of drug-likeness (QED) is 0.731. The van der Waals surface area contributed by atoms with Gasteiger partial charge in [0.15, 0.2) is 5.82 Å². The second kappa shape index (κ2) is 2.88. The zero-order valence-electron chi connectivity index (χ0n) is 7.84. The first-order chi connectivity index (χ1) is 6.89. The highest BCUT2D eigenvalue weighted by molar-refractivity contribution is 5.89. The Bertz CT molecular complexity index is 513. The second-order valence-corrected chi connectivity index (χ2v) is 3.24. The van der Waals surface area contributed by atoms with Gasteiger partial charge in [0.25, 0.3) is 0 Å². The van der Waals surface area contributed by atoms with Gasteiger partial charge in [-0.25, -0.2) is 0 Å². The fraction of sp³-hybridized carbons (Fsp3) is 0.222. The molecule has 2 rings (SSSR count). The zero-order chi connectivity index (χ0) is 11.2. The van der Waals surface area contributed by atoms with E-state index in [0.29, 0.717) is 10.9 Å². The van der Waals surface area contributed by atoms with Crippen LogP contribution >= 0.6 is 0 Å². The van der Waals surface area contributed by atoms with E-state index in [1.165, 1.54) is 10.7 Å². The first kappa shape index (κ1) is 9.82. The first-order valence-electron chi connectivity index (χ1n) is 4.19. The SMILES string of the molecule is Cn1nc(N)c2cc(C(F)(F)F)ccc21. The molecule has 1 heterocycles. The fourth-order valence-electron chi connectivity index (χ4n) is 1.47. The lowest BCUT2D eigenvalue weighted by atomic mass is 10.1. The van der Waals surface area contributed by atoms with Crippen molar-refractivity contribution in [1.29, 1.82) is 0 Å². The van der Waals surface area contributed by atoms with Crippen LogP contribution in [0.25, 0.3) is 10.9 Å². The summed E-state index contributed by atoms with van der Waals surface area (Å²) in [6.07, 6.45) is -4.35. The van der Waals surface area contributed by atoms with Crippen molar-refractivity contribution < 1.29 is 13.2 Å². The number of rotatable bonds is 0. The summed E-state index contributed by atoms with van der Waals surface area (Å²) >= 11 is 0. The van der Waals surface area contributed by atoms with Gasteiger partial charge in [-0.3, -0.25) is 4.68 Å². The van der Waals surface area contributed by atoms with Crippen molar-refractivity contribution >= 4 is 16.7 Å². The minimum atomic E-state index is -4.35. The van der Waals surface area contributed by atoms with E-state index in [4.69, 9.17) is 5.73 Å². The number of nitrogens with zero attached hydrogens (tertiary/aromatic N) is 2. The summed E-state index contributed by atoms with van der Waals surface area (Å²) in [6.45, 7) is 0. The molecule has 0 unspecified atom stereocenters. The molecule has 0 saturated heterocycles. The molecule has 3 nitrogen and oxygen atoms in total. The summed E-state index contributed by atoms with van der Waals surface area (Å²) in [7, 11) is 1.63. The van der Waals surface area contributed by atoms with Gasteiger partial charge < -0.3 is 5.73 Å². The average Bonchev–Trinajstić information content (AvgIpc) is 2.41. The van der Waals surface area contributed by atoms with Gasteiger partial charge >= 0.3 is 6.18 Å². The maximum absolute atomic E-state index is 12.4. The lowest BCUT2D eigenvalue weighted by Crippen LogP contribution is -2.04. The van der Waals surface area contributed by atoms with Crippen LogP contribution in [0.2, 0.25) is 0 Å². The first-order valence-corrected chi connectivity index (χ1v) is 4.19. The molecule has 2 N–H and O–H groups in total. The van der Waals surface area contributed by atoms with Crippen LogP contribution in [0.1, 0.15) is 5.56 Å². The Morgan fingerprint density at radius 1 is 1.33 bits per heavy atom. The van der Waals surface area contributed by atoms with E-state index in [1.54, 1.807) is 7.05 Å². The molecular weight excluding hydrogens is 207 g/mol. The molecule has 6 heteroatoms. The highest BCUT2D eigenvalue weighted by atomic mass is 19.4. The summed E-state index contributed by atoms with van der Waals surface area (Å²) < 4.78 is 38.6. The van der Waals surface area contributed by atoms with Gasteiger partial charge in [0.1, 0.15) is 0 Å². The Balaban J connectivity index is 2.71. The van der Waals surface area contributed by atoms with Crippen LogP contribution in [0.4, 0.5) is 19.0 Å². The van der Waals surface area contributed by atoms with E-state index in [9.17, 15) is 13.2 Å². The number of nitrogens with two attached hydrogens (primary N) is 1. The summed E-state index contributed by atoms with van der Waals surface area (Å²) in [4.78, 5) is 0. The minimum Gasteiger partial charge on any atom is -0.382 e. The van der Waals surface area contributed by atoms with Crippen LogP contribution < -0.4 is 5.73 Å². The third kappa shape index (κ3) is 1.51. The Morgan fingerprint density at radius 3 is 2.60 bits per heavy atom. The predicted molar refractivity (Wildman–Crippen MR) is 50.1 cm³/mol. The highest BCUT2D eigenvalue weighted by Gasteiger charge is 2.30. The maximum atomic E-state index is 12.4. The molecule has 0 fully saturated rings. The average molecular weight is 215 g/mol. The highest BCUT2D eigenvalue weighted by Crippen LogP contribution is 2.32. The largest absolute Gasteiger partial charge is 0.416 e. The smallest absolute Gasteiger partial charge is 0.382 e. The molecule has 0 saturated carbocycles. The number of benzene rings is 1. The van der Waals surface area contributed by atoms with E-state index in [0.717, 1.165) is 12.1 Å². The number of halogens is 3. The van der Waals surface area contributed by atoms with Crippen LogP contribution in [-0.4, -0.2) is 9.78 Å². The summed E-state index contributed by atoms with van der Waals surface area (Å²) in [5.41, 5.74) is 5.36. The number of alkyl halides is 3. The van der Waals surface area contributed by atoms with Crippen molar-refractivity contribution in [1.82, 2.24) is 9.78 Å². The molecule has 15 heavy (non-hydrogen) atoms. The second-order valence-electron chi connectivity index (χ2n) is 3.24. The van der Waals surface area contributed by atoms with Crippen molar-refractivity contribution in [3.05, 3.63) is 23.8 Å². The molecule has 0 amide bonds. The van der Waals surface area contributed by atoms with Gasteiger partial charge in [0.2, 0.25) is 0 Å². The molecule has 0 aliphatic carbocycles. The van der Waals surface area contributed by atoms with Gasteiger partial charge in [-0.2, -0.15) is 18.3 Å². The van der Waals surface area contributed by atoms with Gasteiger partial charge in [0, 0.05) is 12.4 Å². The van der Waals surface area contributed by atoms with E-state index in [1.807, 2.05) is 0 Å². The Morgan fingerprint density at radius 2 is 2.00 bits per heavy atom. The number of anilines is 1. The molecule has 0 atom stereocenters. The number of nitrogen functional groups attached to an aromatic ring is 1. The van der Waals surface area contributed by atoms with Crippen molar-refractivity contribution in [2.24, 2.45) is 7.05 Å². The summed E-state index contributed by atoms with van der Waals surface area (Å²) in [5, 5.41) is 4.17. The van der Waals surface area contributed by atoms with E-state index < -0.39 is 11.7 Å². The Hall–Kier alpha value is -1.72. The van der Waals surface area contributed by atoms with Gasteiger partial charge in [0.05, 0.1) is 11.1 Å². The molecule has 1 aromatic carbocycles. The fourth-order valence-corrected chi connectivity index (χ4v) is 1.47. The summed E-state index contributed by atoms with van der Waals surface area (Å²) in [6, 6.07) is 3.39. The van der Waals surface area contributed by atoms with Crippen molar-refractivity contribution in [2.45, 2.75) is 6.18 Å². The van der Waals surface area contributed by atoms with Gasteiger partial charge in [-0.1, -0.05) is 0 Å². The third-order valence-electron chi connectivity index (χ3n) is 2.21. The van der Waals surface area contributed by atoms with E-state index >= 15 is 0 Å². The van der Waals surface area contributed by atoms with Crippen LogP contribution in [-0.2, 0) is 13.2 Å². The lowest BCUT2D eigenvalue weighted by Gasteiger charge is -2.06. The van der Waals surface area contributed by atoms with E-state index in [-0.39, 0.29) is 5.82 Å². The Labute approximate surface area is 83.3 Å². The van der Waals surface area contributed by atoms with Crippen molar-refractivity contribution in [3.63, 3.8) is 0 Å². The number of hydrogen-bond donors (Lipinski definition) is 1. The molecule has 0 spiro atoms. The topological polar surface area (TPSA) is 43.8 Å². The predicted octanol–water partition coefficient (Wildman–Crippen LogP) is 2.17.